The molecule has 0 aromatic rings. The van der Waals surface area contributed by atoms with Gasteiger partial charge in [-0.2, -0.15) is 0 Å². The van der Waals surface area contributed by atoms with Crippen molar-refractivity contribution in [3.8, 4) is 0 Å². The molecule has 0 aliphatic rings. The largest absolute Gasteiger partial charge is 0.396 e. The molecule has 1 unspecified atom stereocenters. The molecule has 0 spiro atoms. The van der Waals surface area contributed by atoms with Crippen molar-refractivity contribution in [1.82, 2.24) is 5.32 Å². The number of nitrogens with two attached hydrogens (primary N) is 1. The molecule has 0 saturated carbocycles. The predicted molar refractivity (Wildman–Crippen MR) is 64.0 cm³/mol. The number of nitrogens with one attached hydrogen (secondary N) is 1. The summed E-state index contributed by atoms with van der Waals surface area (Å²) in [7, 11) is 0. The lowest BCUT2D eigenvalue weighted by Crippen LogP contribution is -2.42. The third-order valence-electron chi connectivity index (χ3n) is 2.46. The van der Waals surface area contributed by atoms with E-state index in [1.54, 1.807) is 0 Å². The van der Waals surface area contributed by atoms with Crippen molar-refractivity contribution in [3.05, 3.63) is 0 Å². The Labute approximate surface area is 98.0 Å². The third kappa shape index (κ3) is 7.59. The van der Waals surface area contributed by atoms with Gasteiger partial charge in [-0.05, 0) is 18.8 Å². The van der Waals surface area contributed by atoms with E-state index in [0.29, 0.717) is 18.9 Å². The number of carbonyl (C=O) groups is 1. The van der Waals surface area contributed by atoms with Gasteiger partial charge in [0.15, 0.2) is 0 Å². The molecule has 4 N–H and O–H groups in total. The average molecular weight is 239 g/mol. The average Bonchev–Trinajstić information content (AvgIpc) is 2.22. The highest BCUT2D eigenvalue weighted by Gasteiger charge is 2.12. The Morgan fingerprint density at radius 3 is 2.40 bits per heavy atom. The summed E-state index contributed by atoms with van der Waals surface area (Å²) in [5, 5.41) is 11.5. The van der Waals surface area contributed by atoms with Gasteiger partial charge in [0.05, 0.1) is 6.04 Å². The standard InChI is InChI=1S/C10H22N2O2.ClH/c1-3-8(5-6-13)7-12-10(14)9(11)4-2;/h8-9,13H,3-7,11H2,1-2H3,(H,12,14);1H/t8?,9-;/m0./s1. The molecule has 0 heterocycles. The maximum absolute atomic E-state index is 11.3. The van der Waals surface area contributed by atoms with Gasteiger partial charge in [-0.3, -0.25) is 4.79 Å². The predicted octanol–water partition coefficient (Wildman–Crippen LogP) is 0.670. The van der Waals surface area contributed by atoms with Crippen LogP contribution in [0.4, 0.5) is 0 Å². The molecule has 0 aromatic heterocycles. The number of aliphatic hydroxyl groups is 1. The highest BCUT2D eigenvalue weighted by molar-refractivity contribution is 5.85. The lowest BCUT2D eigenvalue weighted by atomic mass is 10.0. The molecule has 4 nitrogen and oxygen atoms in total. The van der Waals surface area contributed by atoms with Crippen molar-refractivity contribution in [2.75, 3.05) is 13.2 Å². The summed E-state index contributed by atoms with van der Waals surface area (Å²) in [6, 6.07) is -0.401. The van der Waals surface area contributed by atoms with Gasteiger partial charge in [0.2, 0.25) is 5.91 Å². The zero-order valence-electron chi connectivity index (χ0n) is 9.53. The number of carbonyl (C=O) groups excluding carboxylic acids is 1. The summed E-state index contributed by atoms with van der Waals surface area (Å²) in [6.45, 7) is 4.72. The zero-order chi connectivity index (χ0) is 11.0. The quantitative estimate of drug-likeness (QED) is 0.610. The third-order valence-corrected chi connectivity index (χ3v) is 2.46. The van der Waals surface area contributed by atoms with Crippen LogP contribution in [0.3, 0.4) is 0 Å². The topological polar surface area (TPSA) is 75.3 Å². The number of halogens is 1. The first-order chi connectivity index (χ1) is 6.65. The lowest BCUT2D eigenvalue weighted by molar-refractivity contribution is -0.122. The van der Waals surface area contributed by atoms with Gasteiger partial charge in [-0.25, -0.2) is 0 Å². The summed E-state index contributed by atoms with van der Waals surface area (Å²) in [5.74, 6) is 0.261. The van der Waals surface area contributed by atoms with Crippen LogP contribution in [-0.2, 0) is 4.79 Å². The Bertz CT molecular complexity index is 168. The molecule has 0 saturated heterocycles. The molecular formula is C10H23ClN2O2. The van der Waals surface area contributed by atoms with Crippen LogP contribution in [0.5, 0.6) is 0 Å². The first-order valence-electron chi connectivity index (χ1n) is 5.29. The van der Waals surface area contributed by atoms with Crippen molar-refractivity contribution >= 4 is 18.3 Å². The van der Waals surface area contributed by atoms with Crippen molar-refractivity contribution in [1.29, 1.82) is 0 Å². The van der Waals surface area contributed by atoms with E-state index < -0.39 is 6.04 Å². The summed E-state index contributed by atoms with van der Waals surface area (Å²) in [5.41, 5.74) is 5.56. The Kier molecular flexibility index (Phi) is 11.6. The van der Waals surface area contributed by atoms with E-state index in [-0.39, 0.29) is 24.9 Å². The summed E-state index contributed by atoms with van der Waals surface area (Å²) in [4.78, 5) is 11.3. The van der Waals surface area contributed by atoms with E-state index in [1.165, 1.54) is 0 Å². The van der Waals surface area contributed by atoms with E-state index in [1.807, 2.05) is 13.8 Å². The summed E-state index contributed by atoms with van der Waals surface area (Å²) >= 11 is 0. The van der Waals surface area contributed by atoms with Crippen molar-refractivity contribution in [3.63, 3.8) is 0 Å². The van der Waals surface area contributed by atoms with Gasteiger partial charge in [0.25, 0.3) is 0 Å². The Morgan fingerprint density at radius 2 is 2.00 bits per heavy atom. The second kappa shape index (κ2) is 10.2. The minimum Gasteiger partial charge on any atom is -0.396 e. The molecule has 0 rings (SSSR count). The van der Waals surface area contributed by atoms with Crippen molar-refractivity contribution < 1.29 is 9.90 Å². The molecule has 0 aliphatic carbocycles. The van der Waals surface area contributed by atoms with Gasteiger partial charge in [0, 0.05) is 13.2 Å². The van der Waals surface area contributed by atoms with Crippen LogP contribution in [0, 0.1) is 5.92 Å². The number of hydrogen-bond acceptors (Lipinski definition) is 3. The van der Waals surface area contributed by atoms with Gasteiger partial charge in [-0.15, -0.1) is 12.4 Å². The second-order valence-electron chi connectivity index (χ2n) is 3.55. The minimum atomic E-state index is -0.401. The van der Waals surface area contributed by atoms with Crippen LogP contribution in [0.25, 0.3) is 0 Å². The first-order valence-corrected chi connectivity index (χ1v) is 5.29. The monoisotopic (exact) mass is 238 g/mol. The summed E-state index contributed by atoms with van der Waals surface area (Å²) in [6.07, 6.45) is 2.35. The lowest BCUT2D eigenvalue weighted by Gasteiger charge is -2.16. The molecule has 0 fully saturated rings. The molecule has 0 aromatic carbocycles. The van der Waals surface area contributed by atoms with E-state index in [4.69, 9.17) is 10.8 Å². The molecule has 1 amide bonds. The first kappa shape index (κ1) is 17.1. The fraction of sp³-hybridized carbons (Fsp3) is 0.900. The number of amides is 1. The molecule has 15 heavy (non-hydrogen) atoms. The molecule has 0 bridgehead atoms. The van der Waals surface area contributed by atoms with E-state index in [0.717, 1.165) is 12.8 Å². The van der Waals surface area contributed by atoms with Gasteiger partial charge >= 0.3 is 0 Å². The van der Waals surface area contributed by atoms with Crippen LogP contribution in [0.15, 0.2) is 0 Å². The normalized spacial score (nSPS) is 13.9. The van der Waals surface area contributed by atoms with E-state index in [2.05, 4.69) is 5.32 Å². The van der Waals surface area contributed by atoms with E-state index >= 15 is 0 Å². The molecule has 5 heteroatoms. The summed E-state index contributed by atoms with van der Waals surface area (Å²) < 4.78 is 0. The Balaban J connectivity index is 0. The number of aliphatic hydroxyl groups excluding tert-OH is 1. The smallest absolute Gasteiger partial charge is 0.236 e. The molecular weight excluding hydrogens is 216 g/mol. The van der Waals surface area contributed by atoms with Crippen LogP contribution >= 0.6 is 12.4 Å². The van der Waals surface area contributed by atoms with Crippen LogP contribution in [-0.4, -0.2) is 30.2 Å². The fourth-order valence-corrected chi connectivity index (χ4v) is 1.19. The molecule has 0 radical (unpaired) electrons. The van der Waals surface area contributed by atoms with Crippen LogP contribution in [0.2, 0.25) is 0 Å². The van der Waals surface area contributed by atoms with Crippen molar-refractivity contribution in [2.24, 2.45) is 11.7 Å². The SMILES string of the molecule is CCC(CCO)CNC(=O)[C@@H](N)CC.Cl. The number of rotatable bonds is 7. The van der Waals surface area contributed by atoms with Gasteiger partial charge < -0.3 is 16.2 Å². The van der Waals surface area contributed by atoms with Crippen molar-refractivity contribution in [2.45, 2.75) is 39.2 Å². The van der Waals surface area contributed by atoms with Crippen LogP contribution < -0.4 is 11.1 Å². The van der Waals surface area contributed by atoms with Crippen LogP contribution in [0.1, 0.15) is 33.1 Å². The number of hydrogen-bond donors (Lipinski definition) is 3. The molecule has 92 valence electrons. The highest BCUT2D eigenvalue weighted by atomic mass is 35.5. The minimum absolute atomic E-state index is 0. The Morgan fingerprint density at radius 1 is 1.40 bits per heavy atom. The highest BCUT2D eigenvalue weighted by Crippen LogP contribution is 2.05. The van der Waals surface area contributed by atoms with Gasteiger partial charge in [-0.1, -0.05) is 20.3 Å². The maximum Gasteiger partial charge on any atom is 0.236 e. The Hall–Kier alpha value is -0.320. The molecule has 2 atom stereocenters. The second-order valence-corrected chi connectivity index (χ2v) is 3.55. The maximum atomic E-state index is 11.3. The fourth-order valence-electron chi connectivity index (χ4n) is 1.19. The molecule has 0 aliphatic heterocycles. The van der Waals surface area contributed by atoms with Gasteiger partial charge in [0.1, 0.15) is 0 Å². The zero-order valence-corrected chi connectivity index (χ0v) is 10.3. The van der Waals surface area contributed by atoms with E-state index in [9.17, 15) is 4.79 Å².